The zero-order valence-electron chi connectivity index (χ0n) is 22.7. The second kappa shape index (κ2) is 10.9. The number of ketones is 1. The second-order valence-electron chi connectivity index (χ2n) is 10.2. The van der Waals surface area contributed by atoms with E-state index in [0.29, 0.717) is 23.3 Å². The Morgan fingerprint density at radius 1 is 0.842 bits per heavy atom. The van der Waals surface area contributed by atoms with Gasteiger partial charge in [-0.3, -0.25) is 4.79 Å². The molecule has 192 valence electrons. The van der Waals surface area contributed by atoms with E-state index < -0.39 is 11.8 Å². The first-order valence-electron chi connectivity index (χ1n) is 13.0. The molecule has 0 fully saturated rings. The largest absolute Gasteiger partial charge is 0.508 e. The molecule has 0 heterocycles. The maximum absolute atomic E-state index is 13.0. The van der Waals surface area contributed by atoms with E-state index in [1.807, 2.05) is 63.2 Å². The molecule has 2 unspecified atom stereocenters. The fourth-order valence-electron chi connectivity index (χ4n) is 4.76. The van der Waals surface area contributed by atoms with Gasteiger partial charge in [0.25, 0.3) is 0 Å². The van der Waals surface area contributed by atoms with Crippen molar-refractivity contribution in [2.75, 3.05) is 0 Å². The van der Waals surface area contributed by atoms with Gasteiger partial charge in [0.15, 0.2) is 5.78 Å². The van der Waals surface area contributed by atoms with Gasteiger partial charge < -0.3 is 9.84 Å². The number of carbonyl (C=O) groups is 2. The van der Waals surface area contributed by atoms with E-state index in [2.05, 4.69) is 19.9 Å². The number of fused-ring (bicyclic) bond motifs is 1. The predicted molar refractivity (Wildman–Crippen MR) is 154 cm³/mol. The standard InChI is InChI=1S/C33H33BO4/c1-6-28(34)31(36)24-10-8-23-19-25(11-9-22(23)18-24)32(37)38-30-15-13-27(17-21(30)4)33(5,7-2)26-12-14-29(35)20(3)16-26/h8-19,28,35H,6-7H2,1-5H3. The second-order valence-corrected chi connectivity index (χ2v) is 10.2. The van der Waals surface area contributed by atoms with Crippen LogP contribution in [-0.4, -0.2) is 24.7 Å². The number of phenolic OH excluding ortho intramolecular Hbond substituents is 1. The molecule has 0 aromatic heterocycles. The Balaban J connectivity index is 1.56. The number of Topliss-reactive ketones (excluding diaryl/α,β-unsaturated/α-hetero) is 1. The van der Waals surface area contributed by atoms with Crippen molar-refractivity contribution in [1.29, 1.82) is 0 Å². The molecule has 2 radical (unpaired) electrons. The van der Waals surface area contributed by atoms with Crippen molar-refractivity contribution in [3.05, 3.63) is 106 Å². The number of carbonyl (C=O) groups excluding carboxylic acids is 2. The molecule has 4 rings (SSSR count). The fraction of sp³-hybridized carbons (Fsp3) is 0.273. The van der Waals surface area contributed by atoms with E-state index in [-0.39, 0.29) is 16.9 Å². The highest BCUT2D eigenvalue weighted by Crippen LogP contribution is 2.38. The summed E-state index contributed by atoms with van der Waals surface area (Å²) in [6.45, 7) is 10.0. The summed E-state index contributed by atoms with van der Waals surface area (Å²) in [7, 11) is 5.90. The minimum absolute atomic E-state index is 0.0866. The lowest BCUT2D eigenvalue weighted by molar-refractivity contribution is 0.0733. The van der Waals surface area contributed by atoms with Crippen LogP contribution in [0.25, 0.3) is 10.8 Å². The molecule has 0 aliphatic carbocycles. The monoisotopic (exact) mass is 504 g/mol. The van der Waals surface area contributed by atoms with Gasteiger partial charge in [0.05, 0.1) is 13.4 Å². The van der Waals surface area contributed by atoms with Gasteiger partial charge in [-0.1, -0.05) is 69.7 Å². The summed E-state index contributed by atoms with van der Waals surface area (Å²) in [6, 6.07) is 22.3. The van der Waals surface area contributed by atoms with E-state index in [1.165, 1.54) is 0 Å². The van der Waals surface area contributed by atoms with Crippen LogP contribution in [0, 0.1) is 13.8 Å². The molecule has 0 spiro atoms. The highest BCUT2D eigenvalue weighted by Gasteiger charge is 2.28. The van der Waals surface area contributed by atoms with Crippen LogP contribution in [0.1, 0.15) is 76.6 Å². The molecule has 0 aliphatic rings. The Hall–Kier alpha value is -3.86. The Labute approximate surface area is 226 Å². The Bertz CT molecular complexity index is 1520. The lowest BCUT2D eigenvalue weighted by Gasteiger charge is -2.31. The zero-order chi connectivity index (χ0) is 27.6. The van der Waals surface area contributed by atoms with Crippen molar-refractivity contribution in [1.82, 2.24) is 0 Å². The molecule has 5 heteroatoms. The van der Waals surface area contributed by atoms with Crippen molar-refractivity contribution < 1.29 is 19.4 Å². The van der Waals surface area contributed by atoms with Crippen LogP contribution in [0.5, 0.6) is 11.5 Å². The van der Waals surface area contributed by atoms with Gasteiger partial charge in [-0.15, -0.1) is 0 Å². The van der Waals surface area contributed by atoms with E-state index in [1.54, 1.807) is 24.3 Å². The minimum atomic E-state index is -0.517. The first-order chi connectivity index (χ1) is 18.1. The Kier molecular flexibility index (Phi) is 7.77. The van der Waals surface area contributed by atoms with E-state index in [4.69, 9.17) is 12.6 Å². The molecule has 0 saturated heterocycles. The third-order valence-electron chi connectivity index (χ3n) is 7.69. The maximum Gasteiger partial charge on any atom is 0.343 e. The van der Waals surface area contributed by atoms with Crippen LogP contribution < -0.4 is 4.74 Å². The average molecular weight is 504 g/mol. The van der Waals surface area contributed by atoms with Gasteiger partial charge in [-0.05, 0) is 89.4 Å². The molecular formula is C33H33BO4. The number of benzene rings is 4. The lowest BCUT2D eigenvalue weighted by atomic mass is 9.73. The molecule has 4 nitrogen and oxygen atoms in total. The molecule has 38 heavy (non-hydrogen) atoms. The van der Waals surface area contributed by atoms with Gasteiger partial charge in [-0.2, -0.15) is 0 Å². The van der Waals surface area contributed by atoms with Crippen LogP contribution >= 0.6 is 0 Å². The number of hydrogen-bond donors (Lipinski definition) is 1. The van der Waals surface area contributed by atoms with Gasteiger partial charge in [-0.25, -0.2) is 4.79 Å². The smallest absolute Gasteiger partial charge is 0.343 e. The van der Waals surface area contributed by atoms with Gasteiger partial charge >= 0.3 is 5.97 Å². The molecule has 4 aromatic rings. The number of phenols is 1. The van der Waals surface area contributed by atoms with Crippen LogP contribution in [-0.2, 0) is 5.41 Å². The topological polar surface area (TPSA) is 63.6 Å². The molecule has 2 atom stereocenters. The number of rotatable bonds is 8. The van der Waals surface area contributed by atoms with E-state index in [0.717, 1.165) is 39.4 Å². The van der Waals surface area contributed by atoms with E-state index in [9.17, 15) is 14.7 Å². The number of hydrogen-bond acceptors (Lipinski definition) is 4. The van der Waals surface area contributed by atoms with Crippen molar-refractivity contribution in [2.45, 2.75) is 58.7 Å². The minimum Gasteiger partial charge on any atom is -0.508 e. The van der Waals surface area contributed by atoms with Crippen LogP contribution in [0.15, 0.2) is 72.8 Å². The Morgan fingerprint density at radius 2 is 1.42 bits per heavy atom. The predicted octanol–water partition coefficient (Wildman–Crippen LogP) is 7.65. The molecule has 1 N–H and O–H groups in total. The summed E-state index contributed by atoms with van der Waals surface area (Å²) in [5.41, 5.74) is 4.68. The van der Waals surface area contributed by atoms with E-state index >= 15 is 0 Å². The highest BCUT2D eigenvalue weighted by molar-refractivity contribution is 6.28. The average Bonchev–Trinajstić information content (AvgIpc) is 2.93. The highest BCUT2D eigenvalue weighted by atomic mass is 16.5. The Morgan fingerprint density at radius 3 is 2.00 bits per heavy atom. The lowest BCUT2D eigenvalue weighted by Crippen LogP contribution is -2.23. The summed E-state index contributed by atoms with van der Waals surface area (Å²) in [5, 5.41) is 11.7. The van der Waals surface area contributed by atoms with Crippen molar-refractivity contribution in [2.24, 2.45) is 0 Å². The number of aromatic hydroxyl groups is 1. The summed E-state index contributed by atoms with van der Waals surface area (Å²) >= 11 is 0. The molecule has 4 aromatic carbocycles. The first-order valence-corrected chi connectivity index (χ1v) is 13.0. The summed E-state index contributed by atoms with van der Waals surface area (Å²) in [6.07, 6.45) is 1.45. The maximum atomic E-state index is 13.0. The number of ether oxygens (including phenoxy) is 1. The van der Waals surface area contributed by atoms with Crippen LogP contribution in [0.4, 0.5) is 0 Å². The van der Waals surface area contributed by atoms with Crippen molar-refractivity contribution in [3.8, 4) is 11.5 Å². The van der Waals surface area contributed by atoms with Gasteiger partial charge in [0.1, 0.15) is 11.5 Å². The summed E-state index contributed by atoms with van der Waals surface area (Å²) in [5.74, 6) is -0.251. The van der Waals surface area contributed by atoms with Crippen molar-refractivity contribution >= 4 is 30.4 Å². The van der Waals surface area contributed by atoms with Crippen LogP contribution in [0.2, 0.25) is 5.82 Å². The number of esters is 1. The molecule has 0 amide bonds. The zero-order valence-corrected chi connectivity index (χ0v) is 22.7. The SMILES string of the molecule is [B]C(CC)C(=O)c1ccc2cc(C(=O)Oc3ccc(C(C)(CC)c4ccc(O)c(C)c4)cc3C)ccc2c1. The third-order valence-corrected chi connectivity index (χ3v) is 7.69. The molecule has 0 saturated carbocycles. The first kappa shape index (κ1) is 27.2. The summed E-state index contributed by atoms with van der Waals surface area (Å²) < 4.78 is 5.79. The molecule has 0 aliphatic heterocycles. The molecular weight excluding hydrogens is 471 g/mol. The third kappa shape index (κ3) is 5.24. The normalized spacial score (nSPS) is 13.6. The van der Waals surface area contributed by atoms with Crippen molar-refractivity contribution in [3.63, 3.8) is 0 Å². The summed E-state index contributed by atoms with van der Waals surface area (Å²) in [4.78, 5) is 25.5. The number of aryl methyl sites for hydroxylation is 2. The van der Waals surface area contributed by atoms with Crippen LogP contribution in [0.3, 0.4) is 0 Å². The quantitative estimate of drug-likeness (QED) is 0.116. The fourth-order valence-corrected chi connectivity index (χ4v) is 4.76. The van der Waals surface area contributed by atoms with Gasteiger partial charge in [0.2, 0.25) is 0 Å². The molecule has 0 bridgehead atoms. The van der Waals surface area contributed by atoms with Gasteiger partial charge in [0, 0.05) is 11.0 Å².